The van der Waals surface area contributed by atoms with Crippen molar-refractivity contribution in [1.29, 1.82) is 0 Å². The molecule has 0 saturated heterocycles. The van der Waals surface area contributed by atoms with Crippen molar-refractivity contribution in [3.8, 4) is 0 Å². The molecule has 17 heavy (non-hydrogen) atoms. The topological polar surface area (TPSA) is 57.6 Å². The molecule has 0 radical (unpaired) electrons. The van der Waals surface area contributed by atoms with Gasteiger partial charge in [-0.25, -0.2) is 0 Å². The Morgan fingerprint density at radius 1 is 1.12 bits per heavy atom. The first-order chi connectivity index (χ1) is 7.81. The summed E-state index contributed by atoms with van der Waals surface area (Å²) < 4.78 is 29.6. The van der Waals surface area contributed by atoms with Crippen LogP contribution in [0.5, 0.6) is 0 Å². The minimum Gasteiger partial charge on any atom is -0.307 e. The molecule has 0 fully saturated rings. The van der Waals surface area contributed by atoms with Crippen molar-refractivity contribution >= 4 is 10.1 Å². The maximum absolute atomic E-state index is 10.5. The van der Waals surface area contributed by atoms with Crippen LogP contribution in [0, 0.1) is 6.92 Å². The molecule has 1 aromatic rings. The number of rotatable bonds is 3. The zero-order chi connectivity index (χ0) is 13.5. The largest absolute Gasteiger partial charge is 0.307 e. The summed E-state index contributed by atoms with van der Waals surface area (Å²) in [6.07, 6.45) is 0. The highest BCUT2D eigenvalue weighted by Crippen LogP contribution is 2.08. The fourth-order valence-electron chi connectivity index (χ4n) is 0.934. The Kier molecular flexibility index (Phi) is 7.03. The van der Waals surface area contributed by atoms with Gasteiger partial charge in [-0.1, -0.05) is 31.5 Å². The highest BCUT2D eigenvalue weighted by molar-refractivity contribution is 7.85. The maximum atomic E-state index is 10.5. The van der Waals surface area contributed by atoms with Crippen LogP contribution in [-0.2, 0) is 10.1 Å². The molecule has 0 unspecified atom stereocenters. The second kappa shape index (κ2) is 7.42. The summed E-state index contributed by atoms with van der Waals surface area (Å²) in [4.78, 5) is 2.18. The van der Waals surface area contributed by atoms with Gasteiger partial charge in [0.1, 0.15) is 0 Å². The first-order valence-corrected chi connectivity index (χ1v) is 6.98. The lowest BCUT2D eigenvalue weighted by Crippen LogP contribution is -2.15. The zero-order valence-electron chi connectivity index (χ0n) is 10.8. The van der Waals surface area contributed by atoms with Gasteiger partial charge in [-0.05, 0) is 39.2 Å². The SMILES string of the molecule is CCN(C)CC.Cc1ccc(S(=O)(=O)O)cc1. The molecule has 1 rings (SSSR count). The van der Waals surface area contributed by atoms with E-state index in [1.54, 1.807) is 12.1 Å². The van der Waals surface area contributed by atoms with Crippen molar-refractivity contribution in [3.63, 3.8) is 0 Å². The predicted octanol–water partition coefficient (Wildman–Crippen LogP) is 2.20. The molecule has 1 aromatic carbocycles. The van der Waals surface area contributed by atoms with Crippen molar-refractivity contribution in [2.45, 2.75) is 25.7 Å². The Morgan fingerprint density at radius 3 is 1.76 bits per heavy atom. The number of aryl methyl sites for hydroxylation is 1. The van der Waals surface area contributed by atoms with E-state index in [0.717, 1.165) is 18.7 Å². The molecule has 0 spiro atoms. The summed E-state index contributed by atoms with van der Waals surface area (Å²) in [5.74, 6) is 0. The van der Waals surface area contributed by atoms with Gasteiger partial charge in [0.15, 0.2) is 0 Å². The van der Waals surface area contributed by atoms with Gasteiger partial charge in [0.05, 0.1) is 4.90 Å². The zero-order valence-corrected chi connectivity index (χ0v) is 11.7. The standard InChI is InChI=1S/C7H8O3S.C5H13N/c1-6-2-4-7(5-3-6)11(8,9)10;1-4-6(3)5-2/h2-5H,1H3,(H,8,9,10);4-5H2,1-3H3. The normalized spacial score (nSPS) is 10.9. The predicted molar refractivity (Wildman–Crippen MR) is 69.8 cm³/mol. The van der Waals surface area contributed by atoms with Crippen LogP contribution in [0.2, 0.25) is 0 Å². The second-order valence-electron chi connectivity index (χ2n) is 3.78. The van der Waals surface area contributed by atoms with Gasteiger partial charge in [-0.15, -0.1) is 0 Å². The molecular weight excluding hydrogens is 238 g/mol. The molecule has 0 heterocycles. The first-order valence-electron chi connectivity index (χ1n) is 5.54. The number of hydrogen-bond donors (Lipinski definition) is 1. The van der Waals surface area contributed by atoms with Crippen molar-refractivity contribution in [3.05, 3.63) is 29.8 Å². The Morgan fingerprint density at radius 2 is 1.53 bits per heavy atom. The fraction of sp³-hybridized carbons (Fsp3) is 0.500. The van der Waals surface area contributed by atoms with Gasteiger partial charge in [0.25, 0.3) is 10.1 Å². The van der Waals surface area contributed by atoms with Crippen molar-refractivity contribution in [2.75, 3.05) is 20.1 Å². The van der Waals surface area contributed by atoms with E-state index in [-0.39, 0.29) is 4.90 Å². The van der Waals surface area contributed by atoms with Crippen LogP contribution in [0.4, 0.5) is 0 Å². The summed E-state index contributed by atoms with van der Waals surface area (Å²) in [6, 6.07) is 5.99. The third kappa shape index (κ3) is 7.10. The van der Waals surface area contributed by atoms with Crippen LogP contribution in [0.15, 0.2) is 29.2 Å². The summed E-state index contributed by atoms with van der Waals surface area (Å²) in [7, 11) is -1.91. The molecule has 0 aliphatic rings. The number of benzene rings is 1. The first kappa shape index (κ1) is 16.1. The van der Waals surface area contributed by atoms with Gasteiger partial charge in [0.2, 0.25) is 0 Å². The minimum absolute atomic E-state index is 0.0666. The van der Waals surface area contributed by atoms with Crippen LogP contribution < -0.4 is 0 Å². The Labute approximate surface area is 104 Å². The molecule has 5 heteroatoms. The lowest BCUT2D eigenvalue weighted by Gasteiger charge is -2.07. The van der Waals surface area contributed by atoms with Gasteiger partial charge in [-0.3, -0.25) is 4.55 Å². The highest BCUT2D eigenvalue weighted by Gasteiger charge is 2.06. The van der Waals surface area contributed by atoms with Gasteiger partial charge >= 0.3 is 0 Å². The molecule has 4 nitrogen and oxygen atoms in total. The fourth-order valence-corrected chi connectivity index (χ4v) is 1.41. The summed E-state index contributed by atoms with van der Waals surface area (Å²) >= 11 is 0. The molecule has 0 aliphatic carbocycles. The maximum Gasteiger partial charge on any atom is 0.294 e. The molecule has 0 saturated carbocycles. The third-order valence-corrected chi connectivity index (χ3v) is 3.27. The minimum atomic E-state index is -4.02. The van der Waals surface area contributed by atoms with E-state index >= 15 is 0 Å². The van der Waals surface area contributed by atoms with E-state index in [4.69, 9.17) is 4.55 Å². The van der Waals surface area contributed by atoms with Crippen molar-refractivity contribution < 1.29 is 13.0 Å². The van der Waals surface area contributed by atoms with E-state index in [0.29, 0.717) is 0 Å². The Hall–Kier alpha value is -0.910. The average molecular weight is 259 g/mol. The Bertz CT molecular complexity index is 408. The molecule has 0 aromatic heterocycles. The summed E-state index contributed by atoms with van der Waals surface area (Å²) in [6.45, 7) is 8.48. The summed E-state index contributed by atoms with van der Waals surface area (Å²) in [5, 5.41) is 0. The molecule has 0 bridgehead atoms. The van der Waals surface area contributed by atoms with Crippen LogP contribution in [0.25, 0.3) is 0 Å². The molecular formula is C12H21NO3S. The quantitative estimate of drug-likeness (QED) is 0.845. The summed E-state index contributed by atoms with van der Waals surface area (Å²) in [5.41, 5.74) is 0.956. The highest BCUT2D eigenvalue weighted by atomic mass is 32.2. The molecule has 1 N–H and O–H groups in total. The van der Waals surface area contributed by atoms with Gasteiger partial charge < -0.3 is 4.90 Å². The average Bonchev–Trinajstić information content (AvgIpc) is 2.28. The third-order valence-electron chi connectivity index (χ3n) is 2.40. The van der Waals surface area contributed by atoms with Crippen molar-refractivity contribution in [2.24, 2.45) is 0 Å². The lowest BCUT2D eigenvalue weighted by atomic mass is 10.2. The molecule has 0 aliphatic heterocycles. The number of hydrogen-bond acceptors (Lipinski definition) is 3. The smallest absolute Gasteiger partial charge is 0.294 e. The molecule has 98 valence electrons. The van der Waals surface area contributed by atoms with E-state index in [2.05, 4.69) is 25.8 Å². The van der Waals surface area contributed by atoms with Gasteiger partial charge in [-0.2, -0.15) is 8.42 Å². The lowest BCUT2D eigenvalue weighted by molar-refractivity contribution is 0.373. The van der Waals surface area contributed by atoms with E-state index in [1.807, 2.05) is 6.92 Å². The Balaban J connectivity index is 0.000000366. The van der Waals surface area contributed by atoms with Crippen LogP contribution in [0.3, 0.4) is 0 Å². The second-order valence-corrected chi connectivity index (χ2v) is 5.20. The van der Waals surface area contributed by atoms with Crippen LogP contribution in [0.1, 0.15) is 19.4 Å². The van der Waals surface area contributed by atoms with Crippen LogP contribution in [-0.4, -0.2) is 38.0 Å². The van der Waals surface area contributed by atoms with Crippen molar-refractivity contribution in [1.82, 2.24) is 4.90 Å². The van der Waals surface area contributed by atoms with Crippen LogP contribution >= 0.6 is 0 Å². The molecule has 0 atom stereocenters. The van der Waals surface area contributed by atoms with Gasteiger partial charge in [0, 0.05) is 0 Å². The monoisotopic (exact) mass is 259 g/mol. The van der Waals surface area contributed by atoms with E-state index < -0.39 is 10.1 Å². The van der Waals surface area contributed by atoms with E-state index in [1.165, 1.54) is 12.1 Å². The van der Waals surface area contributed by atoms with E-state index in [9.17, 15) is 8.42 Å². The number of nitrogens with zero attached hydrogens (tertiary/aromatic N) is 1. The molecule has 0 amide bonds.